The molecule has 150 valence electrons. The fraction of sp³-hybridized carbons (Fsp3) is 0.320. The van der Waals surface area contributed by atoms with Gasteiger partial charge in [0.25, 0.3) is 5.91 Å². The van der Waals surface area contributed by atoms with Crippen LogP contribution in [0.15, 0.2) is 54.6 Å². The highest BCUT2D eigenvalue weighted by atomic mass is 16.5. The van der Waals surface area contributed by atoms with Crippen LogP contribution in [0, 0.1) is 0 Å². The van der Waals surface area contributed by atoms with E-state index < -0.39 is 0 Å². The van der Waals surface area contributed by atoms with Gasteiger partial charge in [-0.05, 0) is 71.0 Å². The average Bonchev–Trinajstić information content (AvgIpc) is 2.73. The Kier molecular flexibility index (Phi) is 5.05. The van der Waals surface area contributed by atoms with E-state index in [1.54, 1.807) is 0 Å². The lowest BCUT2D eigenvalue weighted by atomic mass is 9.79. The van der Waals surface area contributed by atoms with Crippen LogP contribution >= 0.6 is 0 Å². The Hall–Kier alpha value is -2.85. The number of benzene rings is 3. The molecule has 0 bridgehead atoms. The number of nitrogens with zero attached hydrogens (tertiary/aromatic N) is 1. The molecular weight excluding hydrogens is 362 g/mol. The Morgan fingerprint density at radius 3 is 2.48 bits per heavy atom. The summed E-state index contributed by atoms with van der Waals surface area (Å²) in [6.07, 6.45) is 1.01. The predicted molar refractivity (Wildman–Crippen MR) is 116 cm³/mol. The number of rotatable bonds is 4. The van der Waals surface area contributed by atoms with Gasteiger partial charge in [0, 0.05) is 17.7 Å². The zero-order valence-corrected chi connectivity index (χ0v) is 17.2. The maximum Gasteiger partial charge on any atom is 0.255 e. The van der Waals surface area contributed by atoms with Gasteiger partial charge in [-0.15, -0.1) is 0 Å². The largest absolute Gasteiger partial charge is 0.493 e. The Balaban J connectivity index is 1.70. The van der Waals surface area contributed by atoms with E-state index in [1.807, 2.05) is 25.1 Å². The Bertz CT molecular complexity index is 1070. The minimum atomic E-state index is -0.273. The smallest absolute Gasteiger partial charge is 0.255 e. The minimum Gasteiger partial charge on any atom is -0.493 e. The van der Waals surface area contributed by atoms with E-state index in [-0.39, 0.29) is 18.1 Å². The molecule has 0 fully saturated rings. The first-order valence-electron chi connectivity index (χ1n) is 10.1. The van der Waals surface area contributed by atoms with E-state index in [1.165, 1.54) is 16.0 Å². The SMILES string of the molecule is CCN(CO)C(=O)c1ccc2cc(-c3ccc4c(c3)C(C)(C)CCO4)ccc2c1. The van der Waals surface area contributed by atoms with Gasteiger partial charge in [0.2, 0.25) is 0 Å². The Morgan fingerprint density at radius 1 is 1.03 bits per heavy atom. The lowest BCUT2D eigenvalue weighted by Gasteiger charge is -2.32. The summed E-state index contributed by atoms with van der Waals surface area (Å²) in [5, 5.41) is 11.4. The fourth-order valence-electron chi connectivity index (χ4n) is 3.96. The van der Waals surface area contributed by atoms with Gasteiger partial charge in [0.05, 0.1) is 6.61 Å². The molecule has 1 amide bonds. The summed E-state index contributed by atoms with van der Waals surface area (Å²) in [4.78, 5) is 13.9. The van der Waals surface area contributed by atoms with E-state index in [0.29, 0.717) is 12.1 Å². The van der Waals surface area contributed by atoms with Crippen molar-refractivity contribution in [3.05, 3.63) is 65.7 Å². The highest BCUT2D eigenvalue weighted by Gasteiger charge is 2.28. The molecule has 0 atom stereocenters. The molecule has 4 rings (SSSR count). The molecule has 3 aromatic rings. The molecule has 1 aliphatic rings. The summed E-state index contributed by atoms with van der Waals surface area (Å²) >= 11 is 0. The second-order valence-electron chi connectivity index (χ2n) is 8.27. The van der Waals surface area contributed by atoms with Crippen molar-refractivity contribution in [3.8, 4) is 16.9 Å². The number of ether oxygens (including phenoxy) is 1. The molecule has 0 aromatic heterocycles. The molecule has 4 heteroatoms. The molecule has 1 aliphatic heterocycles. The summed E-state index contributed by atoms with van der Waals surface area (Å²) in [7, 11) is 0. The first kappa shape index (κ1) is 19.5. The highest BCUT2D eigenvalue weighted by molar-refractivity contribution is 5.99. The summed E-state index contributed by atoms with van der Waals surface area (Å²) in [5.41, 5.74) is 4.26. The van der Waals surface area contributed by atoms with E-state index in [9.17, 15) is 9.90 Å². The predicted octanol–water partition coefficient (Wildman–Crippen LogP) is 4.98. The van der Waals surface area contributed by atoms with Crippen molar-refractivity contribution in [2.75, 3.05) is 19.9 Å². The van der Waals surface area contributed by atoms with Crippen molar-refractivity contribution in [2.45, 2.75) is 32.6 Å². The number of hydrogen-bond donors (Lipinski definition) is 1. The molecule has 0 saturated heterocycles. The van der Waals surface area contributed by atoms with Crippen LogP contribution in [0.3, 0.4) is 0 Å². The van der Waals surface area contributed by atoms with Crippen LogP contribution < -0.4 is 4.74 Å². The van der Waals surface area contributed by atoms with Crippen LogP contribution in [0.25, 0.3) is 21.9 Å². The molecule has 3 aromatic carbocycles. The maximum atomic E-state index is 12.5. The Labute approximate surface area is 171 Å². The number of aliphatic hydroxyl groups is 1. The van der Waals surface area contributed by atoms with Crippen LogP contribution in [-0.4, -0.2) is 35.8 Å². The zero-order valence-electron chi connectivity index (χ0n) is 17.2. The van der Waals surface area contributed by atoms with Crippen molar-refractivity contribution in [2.24, 2.45) is 0 Å². The third-order valence-electron chi connectivity index (χ3n) is 5.95. The summed E-state index contributed by atoms with van der Waals surface area (Å²) in [6.45, 7) is 7.36. The van der Waals surface area contributed by atoms with Gasteiger partial charge in [-0.25, -0.2) is 0 Å². The molecule has 0 spiro atoms. The second-order valence-corrected chi connectivity index (χ2v) is 8.27. The quantitative estimate of drug-likeness (QED) is 0.640. The fourth-order valence-corrected chi connectivity index (χ4v) is 3.96. The summed E-state index contributed by atoms with van der Waals surface area (Å²) < 4.78 is 5.84. The normalized spacial score (nSPS) is 14.9. The lowest BCUT2D eigenvalue weighted by molar-refractivity contribution is 0.0571. The van der Waals surface area contributed by atoms with Gasteiger partial charge in [-0.3, -0.25) is 4.79 Å². The molecule has 29 heavy (non-hydrogen) atoms. The van der Waals surface area contributed by atoms with E-state index in [2.05, 4.69) is 50.2 Å². The van der Waals surface area contributed by atoms with Crippen molar-refractivity contribution in [1.29, 1.82) is 0 Å². The molecule has 1 N–H and O–H groups in total. The minimum absolute atomic E-state index is 0.105. The topological polar surface area (TPSA) is 49.8 Å². The number of hydrogen-bond acceptors (Lipinski definition) is 3. The van der Waals surface area contributed by atoms with Crippen LogP contribution in [-0.2, 0) is 5.41 Å². The van der Waals surface area contributed by atoms with Gasteiger partial charge in [-0.2, -0.15) is 0 Å². The van der Waals surface area contributed by atoms with Crippen molar-refractivity contribution < 1.29 is 14.6 Å². The number of carbonyl (C=O) groups excluding carboxylic acids is 1. The van der Waals surface area contributed by atoms with E-state index in [0.717, 1.165) is 35.1 Å². The van der Waals surface area contributed by atoms with Crippen molar-refractivity contribution in [3.63, 3.8) is 0 Å². The van der Waals surface area contributed by atoms with Crippen LogP contribution in [0.1, 0.15) is 43.1 Å². The van der Waals surface area contributed by atoms with Crippen LogP contribution in [0.2, 0.25) is 0 Å². The Morgan fingerprint density at radius 2 is 1.72 bits per heavy atom. The number of amides is 1. The zero-order chi connectivity index (χ0) is 20.6. The lowest BCUT2D eigenvalue weighted by Crippen LogP contribution is -2.31. The molecule has 0 unspecified atom stereocenters. The van der Waals surface area contributed by atoms with E-state index >= 15 is 0 Å². The van der Waals surface area contributed by atoms with Gasteiger partial charge in [0.1, 0.15) is 12.5 Å². The number of carbonyl (C=O) groups is 1. The third-order valence-corrected chi connectivity index (χ3v) is 5.95. The monoisotopic (exact) mass is 389 g/mol. The van der Waals surface area contributed by atoms with Gasteiger partial charge >= 0.3 is 0 Å². The van der Waals surface area contributed by atoms with Gasteiger partial charge < -0.3 is 14.7 Å². The standard InChI is InChI=1S/C25H27NO3/c1-4-26(16-27)24(28)21-8-7-17-13-18(5-6-19(17)14-21)20-9-10-23-22(15-20)25(2,3)11-12-29-23/h5-10,13-15,27H,4,11-12,16H2,1-3H3. The highest BCUT2D eigenvalue weighted by Crippen LogP contribution is 2.40. The van der Waals surface area contributed by atoms with E-state index in [4.69, 9.17) is 4.74 Å². The first-order chi connectivity index (χ1) is 13.9. The second kappa shape index (κ2) is 7.53. The molecular formula is C25H27NO3. The third kappa shape index (κ3) is 3.60. The molecule has 0 saturated carbocycles. The molecule has 4 nitrogen and oxygen atoms in total. The summed E-state index contributed by atoms with van der Waals surface area (Å²) in [5.74, 6) is 0.830. The van der Waals surface area contributed by atoms with Crippen molar-refractivity contribution in [1.82, 2.24) is 4.90 Å². The van der Waals surface area contributed by atoms with Crippen LogP contribution in [0.4, 0.5) is 0 Å². The molecule has 0 aliphatic carbocycles. The summed E-state index contributed by atoms with van der Waals surface area (Å²) in [6, 6.07) is 18.4. The number of aliphatic hydroxyl groups excluding tert-OH is 1. The van der Waals surface area contributed by atoms with Crippen molar-refractivity contribution >= 4 is 16.7 Å². The molecule has 1 heterocycles. The number of fused-ring (bicyclic) bond motifs is 2. The first-order valence-corrected chi connectivity index (χ1v) is 10.1. The van der Waals surface area contributed by atoms with Gasteiger partial charge in [0.15, 0.2) is 0 Å². The average molecular weight is 389 g/mol. The van der Waals surface area contributed by atoms with Crippen LogP contribution in [0.5, 0.6) is 5.75 Å². The van der Waals surface area contributed by atoms with Gasteiger partial charge in [-0.1, -0.05) is 38.1 Å². The molecule has 0 radical (unpaired) electrons. The maximum absolute atomic E-state index is 12.5.